The summed E-state index contributed by atoms with van der Waals surface area (Å²) in [5.74, 6) is 0.258. The fraction of sp³-hybridized carbons (Fsp3) is 0.182. The Morgan fingerprint density at radius 3 is 2.54 bits per heavy atom. The largest absolute Gasteiger partial charge is 0.387 e. The molecule has 26 heavy (non-hydrogen) atoms. The summed E-state index contributed by atoms with van der Waals surface area (Å²) in [7, 11) is 0. The number of thiophene rings is 1. The van der Waals surface area contributed by atoms with Gasteiger partial charge in [-0.1, -0.05) is 54.6 Å². The summed E-state index contributed by atoms with van der Waals surface area (Å²) in [5, 5.41) is 17.2. The minimum absolute atomic E-state index is 0.258. The maximum atomic E-state index is 10.4. The fourth-order valence-electron chi connectivity index (χ4n) is 3.39. The molecule has 0 spiro atoms. The van der Waals surface area contributed by atoms with E-state index in [0.29, 0.717) is 6.54 Å². The maximum absolute atomic E-state index is 10.4. The Labute approximate surface area is 157 Å². The Kier molecular flexibility index (Phi) is 5.16. The number of benzene rings is 2. The molecule has 0 aliphatic rings. The van der Waals surface area contributed by atoms with Gasteiger partial charge in [0.25, 0.3) is 0 Å². The van der Waals surface area contributed by atoms with E-state index in [1.807, 2.05) is 30.3 Å². The van der Waals surface area contributed by atoms with E-state index in [4.69, 9.17) is 0 Å². The molecule has 4 aromatic rings. The number of rotatable bonds is 7. The lowest BCUT2D eigenvalue weighted by Crippen LogP contribution is -2.26. The molecule has 0 saturated heterocycles. The molecule has 132 valence electrons. The molecule has 2 heterocycles. The van der Waals surface area contributed by atoms with Crippen LogP contribution in [0, 0.1) is 0 Å². The van der Waals surface area contributed by atoms with Gasteiger partial charge in [0, 0.05) is 41.0 Å². The molecule has 0 radical (unpaired) electrons. The number of aliphatic hydroxyl groups is 1. The minimum Gasteiger partial charge on any atom is -0.387 e. The summed E-state index contributed by atoms with van der Waals surface area (Å²) in [6.07, 6.45) is 1.62. The van der Waals surface area contributed by atoms with Gasteiger partial charge in [0.2, 0.25) is 0 Å². The van der Waals surface area contributed by atoms with Crippen LogP contribution in [-0.2, 0) is 0 Å². The number of aromatic nitrogens is 1. The van der Waals surface area contributed by atoms with Gasteiger partial charge in [-0.2, -0.15) is 0 Å². The van der Waals surface area contributed by atoms with Crippen LogP contribution >= 0.6 is 11.3 Å². The number of fused-ring (bicyclic) bond motifs is 1. The molecule has 0 fully saturated rings. The summed E-state index contributed by atoms with van der Waals surface area (Å²) in [6.45, 7) is 1.32. The van der Waals surface area contributed by atoms with Crippen molar-refractivity contribution in [1.82, 2.24) is 10.3 Å². The third-order valence-electron chi connectivity index (χ3n) is 4.75. The highest BCUT2D eigenvalue weighted by atomic mass is 32.1. The Balaban J connectivity index is 1.52. The molecule has 2 atom stereocenters. The van der Waals surface area contributed by atoms with E-state index in [9.17, 15) is 5.11 Å². The predicted molar refractivity (Wildman–Crippen MR) is 109 cm³/mol. The first-order chi connectivity index (χ1) is 12.8. The lowest BCUT2D eigenvalue weighted by atomic mass is 9.96. The highest BCUT2D eigenvalue weighted by Gasteiger charge is 2.19. The molecule has 4 heteroatoms. The average molecular weight is 362 g/mol. The molecule has 3 nitrogen and oxygen atoms in total. The van der Waals surface area contributed by atoms with Crippen LogP contribution in [0.15, 0.2) is 78.3 Å². The van der Waals surface area contributed by atoms with Gasteiger partial charge in [0.1, 0.15) is 0 Å². The summed E-state index contributed by atoms with van der Waals surface area (Å²) in [4.78, 5) is 4.71. The van der Waals surface area contributed by atoms with Crippen molar-refractivity contribution in [2.75, 3.05) is 13.1 Å². The van der Waals surface area contributed by atoms with Crippen LogP contribution in [0.3, 0.4) is 0 Å². The molecular weight excluding hydrogens is 340 g/mol. The maximum Gasteiger partial charge on any atom is 0.0914 e. The van der Waals surface area contributed by atoms with Crippen molar-refractivity contribution in [2.45, 2.75) is 12.0 Å². The molecule has 2 aromatic heterocycles. The van der Waals surface area contributed by atoms with Crippen molar-refractivity contribution in [2.24, 2.45) is 0 Å². The van der Waals surface area contributed by atoms with Crippen LogP contribution in [-0.4, -0.2) is 23.2 Å². The standard InChI is InChI=1S/C22H22N2OS/c25-21(16-7-2-1-3-8-16)15-23-13-19(22-11-6-12-26-22)18-14-24-20-10-5-4-9-17(18)20/h1-12,14,19,21,23-25H,13,15H2/t19-,21+/m1/s1. The lowest BCUT2D eigenvalue weighted by molar-refractivity contribution is 0.174. The molecule has 2 aromatic carbocycles. The normalized spacial score (nSPS) is 13.7. The zero-order valence-electron chi connectivity index (χ0n) is 14.4. The molecule has 0 aliphatic heterocycles. The van der Waals surface area contributed by atoms with Crippen LogP contribution in [0.4, 0.5) is 0 Å². The molecule has 0 amide bonds. The number of H-pyrrole nitrogens is 1. The van der Waals surface area contributed by atoms with Crippen molar-refractivity contribution in [3.63, 3.8) is 0 Å². The predicted octanol–water partition coefficient (Wildman–Crippen LogP) is 4.68. The summed E-state index contributed by atoms with van der Waals surface area (Å²) >= 11 is 1.78. The molecule has 0 bridgehead atoms. The second-order valence-corrected chi connectivity index (χ2v) is 7.42. The Hall–Kier alpha value is -2.40. The Morgan fingerprint density at radius 2 is 1.73 bits per heavy atom. The molecule has 3 N–H and O–H groups in total. The third kappa shape index (κ3) is 3.58. The first-order valence-electron chi connectivity index (χ1n) is 8.86. The molecule has 0 saturated carbocycles. The molecule has 4 rings (SSSR count). The number of aromatic amines is 1. The van der Waals surface area contributed by atoms with Crippen LogP contribution in [0.25, 0.3) is 10.9 Å². The van der Waals surface area contributed by atoms with E-state index in [2.05, 4.69) is 58.3 Å². The van der Waals surface area contributed by atoms with E-state index < -0.39 is 6.10 Å². The van der Waals surface area contributed by atoms with E-state index in [-0.39, 0.29) is 5.92 Å². The van der Waals surface area contributed by atoms with Crippen LogP contribution in [0.5, 0.6) is 0 Å². The van der Waals surface area contributed by atoms with Crippen molar-refractivity contribution in [1.29, 1.82) is 0 Å². The second-order valence-electron chi connectivity index (χ2n) is 6.44. The van der Waals surface area contributed by atoms with Gasteiger partial charge >= 0.3 is 0 Å². The van der Waals surface area contributed by atoms with Gasteiger partial charge in [-0.3, -0.25) is 0 Å². The second kappa shape index (κ2) is 7.87. The van der Waals surface area contributed by atoms with Crippen molar-refractivity contribution in [3.8, 4) is 0 Å². The highest BCUT2D eigenvalue weighted by Crippen LogP contribution is 2.32. The average Bonchev–Trinajstić information content (AvgIpc) is 3.36. The smallest absolute Gasteiger partial charge is 0.0914 e. The van der Waals surface area contributed by atoms with Crippen molar-refractivity contribution in [3.05, 3.63) is 94.3 Å². The monoisotopic (exact) mass is 362 g/mol. The topological polar surface area (TPSA) is 48.0 Å². The fourth-order valence-corrected chi connectivity index (χ4v) is 4.24. The molecule has 0 unspecified atom stereocenters. The van der Waals surface area contributed by atoms with Gasteiger partial charge in [-0.05, 0) is 28.6 Å². The zero-order valence-corrected chi connectivity index (χ0v) is 15.2. The SMILES string of the molecule is O[C@@H](CNC[C@@H](c1cccs1)c1c[nH]c2ccccc12)c1ccccc1. The first kappa shape index (κ1) is 17.0. The van der Waals surface area contributed by atoms with E-state index in [0.717, 1.165) is 17.6 Å². The van der Waals surface area contributed by atoms with Gasteiger partial charge in [-0.15, -0.1) is 11.3 Å². The minimum atomic E-state index is -0.497. The quantitative estimate of drug-likeness (QED) is 0.447. The summed E-state index contributed by atoms with van der Waals surface area (Å²) < 4.78 is 0. The van der Waals surface area contributed by atoms with Crippen molar-refractivity contribution >= 4 is 22.2 Å². The van der Waals surface area contributed by atoms with Crippen molar-refractivity contribution < 1.29 is 5.11 Å². The number of nitrogens with one attached hydrogen (secondary N) is 2. The lowest BCUT2D eigenvalue weighted by Gasteiger charge is -2.18. The summed E-state index contributed by atoms with van der Waals surface area (Å²) in [6, 6.07) is 22.5. The molecule has 0 aliphatic carbocycles. The Bertz CT molecular complexity index is 947. The van der Waals surface area contributed by atoms with Gasteiger partial charge in [0.05, 0.1) is 6.10 Å². The number of para-hydroxylation sites is 1. The van der Waals surface area contributed by atoms with Gasteiger partial charge in [0.15, 0.2) is 0 Å². The zero-order chi connectivity index (χ0) is 17.8. The first-order valence-corrected chi connectivity index (χ1v) is 9.74. The summed E-state index contributed by atoms with van der Waals surface area (Å²) in [5.41, 5.74) is 3.40. The highest BCUT2D eigenvalue weighted by molar-refractivity contribution is 7.10. The van der Waals surface area contributed by atoms with Crippen LogP contribution in [0.2, 0.25) is 0 Å². The van der Waals surface area contributed by atoms with Gasteiger partial charge in [-0.25, -0.2) is 0 Å². The Morgan fingerprint density at radius 1 is 0.923 bits per heavy atom. The van der Waals surface area contributed by atoms with E-state index >= 15 is 0 Å². The number of aliphatic hydroxyl groups excluding tert-OH is 1. The van der Waals surface area contributed by atoms with E-state index in [1.165, 1.54) is 15.8 Å². The van der Waals surface area contributed by atoms with E-state index in [1.54, 1.807) is 11.3 Å². The van der Waals surface area contributed by atoms with Gasteiger partial charge < -0.3 is 15.4 Å². The third-order valence-corrected chi connectivity index (χ3v) is 5.74. The number of hydrogen-bond donors (Lipinski definition) is 3. The number of hydrogen-bond acceptors (Lipinski definition) is 3. The van der Waals surface area contributed by atoms with Crippen LogP contribution < -0.4 is 5.32 Å². The molecular formula is C22H22N2OS. The van der Waals surface area contributed by atoms with Crippen LogP contribution in [0.1, 0.15) is 28.0 Å².